The molecule has 0 saturated heterocycles. The zero-order chi connectivity index (χ0) is 20.2. The fourth-order valence-corrected chi connectivity index (χ4v) is 3.52. The summed E-state index contributed by atoms with van der Waals surface area (Å²) in [6.45, 7) is 3.02. The number of nitrogens with zero attached hydrogens (tertiary/aromatic N) is 2. The Morgan fingerprint density at radius 2 is 1.69 bits per heavy atom. The number of hydrogen-bond acceptors (Lipinski definition) is 2. The van der Waals surface area contributed by atoms with Gasteiger partial charge in [0.15, 0.2) is 0 Å². The van der Waals surface area contributed by atoms with Crippen LogP contribution in [0.2, 0.25) is 0 Å². The summed E-state index contributed by atoms with van der Waals surface area (Å²) >= 11 is 0. The number of amides is 1. The molecule has 1 amide bonds. The lowest BCUT2D eigenvalue weighted by Gasteiger charge is -2.08. The highest BCUT2D eigenvalue weighted by Crippen LogP contribution is 2.18. The Morgan fingerprint density at radius 1 is 0.966 bits per heavy atom. The number of para-hydroxylation sites is 2. The van der Waals surface area contributed by atoms with E-state index in [0.29, 0.717) is 5.69 Å². The van der Waals surface area contributed by atoms with Crippen LogP contribution < -0.4 is 5.32 Å². The van der Waals surface area contributed by atoms with E-state index < -0.39 is 11.7 Å². The van der Waals surface area contributed by atoms with Gasteiger partial charge in [-0.2, -0.15) is 0 Å². The molecule has 4 nitrogen and oxygen atoms in total. The average Bonchev–Trinajstić information content (AvgIpc) is 3.11. The number of aryl methyl sites for hydroxylation is 3. The van der Waals surface area contributed by atoms with E-state index in [-0.39, 0.29) is 5.56 Å². The summed E-state index contributed by atoms with van der Waals surface area (Å²) < 4.78 is 16.0. The second-order valence-corrected chi connectivity index (χ2v) is 6.89. The van der Waals surface area contributed by atoms with Crippen LogP contribution in [0, 0.1) is 5.82 Å². The van der Waals surface area contributed by atoms with Gasteiger partial charge in [0.1, 0.15) is 11.6 Å². The minimum absolute atomic E-state index is 0.0371. The molecular weight excluding hydrogens is 365 g/mol. The first-order valence-electron chi connectivity index (χ1n) is 9.74. The standard InChI is InChI=1S/C24H22FN3O/c1-2-28-22-10-6-5-9-21(22)27-23(28)16-13-17-11-14-18(15-12-17)26-24(29)19-7-3-4-8-20(19)25/h3-12,14-15H,2,13,16H2,1H3,(H,26,29). The summed E-state index contributed by atoms with van der Waals surface area (Å²) in [4.78, 5) is 17.0. The van der Waals surface area contributed by atoms with Gasteiger partial charge in [-0.15, -0.1) is 0 Å². The third-order valence-electron chi connectivity index (χ3n) is 5.02. The molecule has 0 atom stereocenters. The van der Waals surface area contributed by atoms with Crippen molar-refractivity contribution >= 4 is 22.6 Å². The second kappa shape index (κ2) is 8.27. The molecule has 1 aromatic heterocycles. The smallest absolute Gasteiger partial charge is 0.258 e. The lowest BCUT2D eigenvalue weighted by molar-refractivity contribution is 0.102. The number of rotatable bonds is 6. The Kier molecular flexibility index (Phi) is 5.38. The zero-order valence-electron chi connectivity index (χ0n) is 16.2. The fraction of sp³-hybridized carbons (Fsp3) is 0.167. The molecule has 1 N–H and O–H groups in total. The molecule has 4 aromatic rings. The third-order valence-corrected chi connectivity index (χ3v) is 5.02. The van der Waals surface area contributed by atoms with Crippen LogP contribution in [0.4, 0.5) is 10.1 Å². The number of nitrogens with one attached hydrogen (secondary N) is 1. The van der Waals surface area contributed by atoms with Gasteiger partial charge in [0, 0.05) is 18.7 Å². The van der Waals surface area contributed by atoms with E-state index in [1.165, 1.54) is 12.1 Å². The van der Waals surface area contributed by atoms with Crippen molar-refractivity contribution in [3.63, 3.8) is 0 Å². The zero-order valence-corrected chi connectivity index (χ0v) is 16.2. The predicted molar refractivity (Wildman–Crippen MR) is 114 cm³/mol. The molecule has 0 radical (unpaired) electrons. The molecule has 0 aliphatic rings. The van der Waals surface area contributed by atoms with Crippen molar-refractivity contribution in [2.45, 2.75) is 26.3 Å². The van der Waals surface area contributed by atoms with Crippen LogP contribution >= 0.6 is 0 Å². The summed E-state index contributed by atoms with van der Waals surface area (Å²) in [7, 11) is 0. The lowest BCUT2D eigenvalue weighted by atomic mass is 10.1. The quantitative estimate of drug-likeness (QED) is 0.492. The fourth-order valence-electron chi connectivity index (χ4n) is 3.52. The maximum absolute atomic E-state index is 13.7. The topological polar surface area (TPSA) is 46.9 Å². The third kappa shape index (κ3) is 4.04. The molecule has 0 saturated carbocycles. The number of hydrogen-bond donors (Lipinski definition) is 1. The summed E-state index contributed by atoms with van der Waals surface area (Å²) in [6.07, 6.45) is 1.69. The molecule has 3 aromatic carbocycles. The van der Waals surface area contributed by atoms with Crippen LogP contribution in [-0.4, -0.2) is 15.5 Å². The molecule has 5 heteroatoms. The minimum atomic E-state index is -0.527. The molecular formula is C24H22FN3O. The van der Waals surface area contributed by atoms with Gasteiger partial charge in [0.2, 0.25) is 0 Å². The lowest BCUT2D eigenvalue weighted by Crippen LogP contribution is -2.13. The van der Waals surface area contributed by atoms with Crippen LogP contribution in [-0.2, 0) is 19.4 Å². The van der Waals surface area contributed by atoms with Crippen LogP contribution in [0.25, 0.3) is 11.0 Å². The highest BCUT2D eigenvalue weighted by Gasteiger charge is 2.11. The Hall–Kier alpha value is -3.47. The van der Waals surface area contributed by atoms with Crippen molar-refractivity contribution in [3.8, 4) is 0 Å². The van der Waals surface area contributed by atoms with Crippen molar-refractivity contribution in [2.24, 2.45) is 0 Å². The predicted octanol–water partition coefficient (Wildman–Crippen LogP) is 5.23. The van der Waals surface area contributed by atoms with Gasteiger partial charge in [-0.25, -0.2) is 9.37 Å². The number of anilines is 1. The van der Waals surface area contributed by atoms with E-state index in [9.17, 15) is 9.18 Å². The SMILES string of the molecule is CCn1c(CCc2ccc(NC(=O)c3ccccc3F)cc2)nc2ccccc21. The monoisotopic (exact) mass is 387 g/mol. The van der Waals surface area contributed by atoms with Crippen LogP contribution in [0.15, 0.2) is 72.8 Å². The van der Waals surface area contributed by atoms with Gasteiger partial charge in [-0.3, -0.25) is 4.79 Å². The highest BCUT2D eigenvalue weighted by atomic mass is 19.1. The molecule has 1 heterocycles. The number of imidazole rings is 1. The van der Waals surface area contributed by atoms with E-state index in [2.05, 4.69) is 22.9 Å². The van der Waals surface area contributed by atoms with Crippen LogP contribution in [0.1, 0.15) is 28.7 Å². The van der Waals surface area contributed by atoms with Crippen LogP contribution in [0.3, 0.4) is 0 Å². The van der Waals surface area contributed by atoms with Gasteiger partial charge >= 0.3 is 0 Å². The Balaban J connectivity index is 1.43. The maximum atomic E-state index is 13.7. The van der Waals surface area contributed by atoms with Gasteiger partial charge in [0.25, 0.3) is 5.91 Å². The van der Waals surface area contributed by atoms with Crippen molar-refractivity contribution in [1.29, 1.82) is 0 Å². The first-order valence-corrected chi connectivity index (χ1v) is 9.74. The molecule has 4 rings (SSSR count). The van der Waals surface area contributed by atoms with Crippen molar-refractivity contribution in [1.82, 2.24) is 9.55 Å². The Morgan fingerprint density at radius 3 is 2.45 bits per heavy atom. The first kappa shape index (κ1) is 18.9. The van der Waals surface area contributed by atoms with Gasteiger partial charge in [-0.1, -0.05) is 36.4 Å². The Labute approximate surface area is 169 Å². The van der Waals surface area contributed by atoms with E-state index in [4.69, 9.17) is 4.98 Å². The van der Waals surface area contributed by atoms with E-state index in [1.807, 2.05) is 42.5 Å². The van der Waals surface area contributed by atoms with E-state index in [0.717, 1.165) is 41.8 Å². The normalized spacial score (nSPS) is 11.0. The van der Waals surface area contributed by atoms with Crippen molar-refractivity contribution in [2.75, 3.05) is 5.32 Å². The molecule has 0 spiro atoms. The minimum Gasteiger partial charge on any atom is -0.328 e. The van der Waals surface area contributed by atoms with E-state index in [1.54, 1.807) is 12.1 Å². The number of aromatic nitrogens is 2. The van der Waals surface area contributed by atoms with E-state index >= 15 is 0 Å². The number of fused-ring (bicyclic) bond motifs is 1. The molecule has 0 fully saturated rings. The molecule has 0 aliphatic heterocycles. The molecule has 0 aliphatic carbocycles. The summed E-state index contributed by atoms with van der Waals surface area (Å²) in [5, 5.41) is 2.74. The van der Waals surface area contributed by atoms with Crippen molar-refractivity contribution in [3.05, 3.63) is 95.6 Å². The largest absolute Gasteiger partial charge is 0.328 e. The highest BCUT2D eigenvalue weighted by molar-refractivity contribution is 6.04. The average molecular weight is 387 g/mol. The Bertz CT molecular complexity index is 1150. The summed E-state index contributed by atoms with van der Waals surface area (Å²) in [5.41, 5.74) is 4.02. The van der Waals surface area contributed by atoms with Crippen molar-refractivity contribution < 1.29 is 9.18 Å². The maximum Gasteiger partial charge on any atom is 0.258 e. The number of benzene rings is 3. The summed E-state index contributed by atoms with van der Waals surface area (Å²) in [5.74, 6) is 0.0959. The molecule has 146 valence electrons. The number of carbonyl (C=O) groups excluding carboxylic acids is 1. The number of halogens is 1. The first-order chi connectivity index (χ1) is 14.2. The number of carbonyl (C=O) groups is 1. The molecule has 0 bridgehead atoms. The molecule has 29 heavy (non-hydrogen) atoms. The summed E-state index contributed by atoms with van der Waals surface area (Å²) in [6, 6.07) is 21.8. The van der Waals surface area contributed by atoms with Gasteiger partial charge < -0.3 is 9.88 Å². The second-order valence-electron chi connectivity index (χ2n) is 6.89. The van der Waals surface area contributed by atoms with Gasteiger partial charge in [-0.05, 0) is 55.3 Å². The molecule has 0 unspecified atom stereocenters. The van der Waals surface area contributed by atoms with Gasteiger partial charge in [0.05, 0.1) is 16.6 Å². The van der Waals surface area contributed by atoms with Crippen LogP contribution in [0.5, 0.6) is 0 Å².